The zero-order valence-corrected chi connectivity index (χ0v) is 4.59. The SMILES string of the molecule is CC1(O)ONC1CO. The van der Waals surface area contributed by atoms with Gasteiger partial charge in [0.25, 0.3) is 0 Å². The van der Waals surface area contributed by atoms with Gasteiger partial charge in [-0.3, -0.25) is 4.84 Å². The standard InChI is InChI=1S/C4H9NO3/c1-4(7)3(2-6)5-8-4/h3,5-7H,2H2,1H3. The van der Waals surface area contributed by atoms with Gasteiger partial charge in [0, 0.05) is 0 Å². The minimum absolute atomic E-state index is 0.104. The minimum atomic E-state index is -1.17. The molecular formula is C4H9NO3. The third-order valence-electron chi connectivity index (χ3n) is 1.24. The lowest BCUT2D eigenvalue weighted by Crippen LogP contribution is -2.65. The molecule has 1 aliphatic rings. The topological polar surface area (TPSA) is 61.7 Å². The maximum absolute atomic E-state index is 8.93. The Hall–Kier alpha value is -0.160. The lowest BCUT2D eigenvalue weighted by molar-refractivity contribution is -0.348. The maximum atomic E-state index is 8.93. The van der Waals surface area contributed by atoms with Crippen LogP contribution in [-0.4, -0.2) is 28.6 Å². The average molecular weight is 119 g/mol. The molecule has 2 atom stereocenters. The molecule has 0 spiro atoms. The third kappa shape index (κ3) is 0.714. The second-order valence-corrected chi connectivity index (χ2v) is 2.01. The van der Waals surface area contributed by atoms with Gasteiger partial charge in [-0.1, -0.05) is 0 Å². The lowest BCUT2D eigenvalue weighted by Gasteiger charge is -2.41. The number of hydroxylamine groups is 1. The Morgan fingerprint density at radius 2 is 2.50 bits per heavy atom. The van der Waals surface area contributed by atoms with E-state index in [4.69, 9.17) is 10.2 Å². The quantitative estimate of drug-likeness (QED) is 0.397. The smallest absolute Gasteiger partial charge is 0.202 e. The molecular weight excluding hydrogens is 110 g/mol. The first kappa shape index (κ1) is 5.97. The molecule has 4 nitrogen and oxygen atoms in total. The first-order valence-corrected chi connectivity index (χ1v) is 2.43. The highest BCUT2D eigenvalue weighted by Crippen LogP contribution is 2.18. The molecule has 0 amide bonds. The van der Waals surface area contributed by atoms with Crippen molar-refractivity contribution in [3.63, 3.8) is 0 Å². The molecule has 1 rings (SSSR count). The van der Waals surface area contributed by atoms with Gasteiger partial charge in [-0.05, 0) is 6.92 Å². The van der Waals surface area contributed by atoms with E-state index in [0.29, 0.717) is 0 Å². The predicted octanol–water partition coefficient (Wildman–Crippen LogP) is -1.41. The Bertz CT molecular complexity index is 91.3. The molecule has 2 unspecified atom stereocenters. The van der Waals surface area contributed by atoms with E-state index in [-0.39, 0.29) is 12.6 Å². The molecule has 4 heteroatoms. The molecule has 0 radical (unpaired) electrons. The van der Waals surface area contributed by atoms with Crippen LogP contribution in [0.15, 0.2) is 0 Å². The van der Waals surface area contributed by atoms with Crippen LogP contribution in [0.5, 0.6) is 0 Å². The second kappa shape index (κ2) is 1.66. The van der Waals surface area contributed by atoms with Crippen LogP contribution in [-0.2, 0) is 4.84 Å². The molecule has 0 aliphatic carbocycles. The molecule has 3 N–H and O–H groups in total. The lowest BCUT2D eigenvalue weighted by atomic mass is 10.1. The molecule has 0 bridgehead atoms. The van der Waals surface area contributed by atoms with Crippen molar-refractivity contribution < 1.29 is 15.1 Å². The van der Waals surface area contributed by atoms with E-state index < -0.39 is 5.79 Å². The van der Waals surface area contributed by atoms with Gasteiger partial charge in [-0.2, -0.15) is 5.48 Å². The zero-order chi connectivity index (χ0) is 6.20. The third-order valence-corrected chi connectivity index (χ3v) is 1.24. The fraction of sp³-hybridized carbons (Fsp3) is 1.00. The highest BCUT2D eigenvalue weighted by atomic mass is 16.8. The van der Waals surface area contributed by atoms with E-state index in [1.54, 1.807) is 0 Å². The van der Waals surface area contributed by atoms with Gasteiger partial charge >= 0.3 is 0 Å². The summed E-state index contributed by atoms with van der Waals surface area (Å²) in [4.78, 5) is 4.47. The largest absolute Gasteiger partial charge is 0.394 e. The van der Waals surface area contributed by atoms with Gasteiger partial charge < -0.3 is 10.2 Å². The maximum Gasteiger partial charge on any atom is 0.202 e. The van der Waals surface area contributed by atoms with Crippen molar-refractivity contribution in [1.82, 2.24) is 5.48 Å². The Balaban J connectivity index is 2.37. The Kier molecular flexibility index (Phi) is 1.24. The summed E-state index contributed by atoms with van der Waals surface area (Å²) < 4.78 is 0. The van der Waals surface area contributed by atoms with Crippen LogP contribution in [0.1, 0.15) is 6.92 Å². The van der Waals surface area contributed by atoms with E-state index >= 15 is 0 Å². The summed E-state index contributed by atoms with van der Waals surface area (Å²) in [6.07, 6.45) is 0. The van der Waals surface area contributed by atoms with Crippen molar-refractivity contribution in [2.45, 2.75) is 18.8 Å². The van der Waals surface area contributed by atoms with Crippen molar-refractivity contribution >= 4 is 0 Å². The van der Waals surface area contributed by atoms with Crippen LogP contribution in [0.2, 0.25) is 0 Å². The van der Waals surface area contributed by atoms with Gasteiger partial charge in [0.1, 0.15) is 6.04 Å². The number of aliphatic hydroxyl groups is 2. The van der Waals surface area contributed by atoms with E-state index in [1.807, 2.05) is 0 Å². The van der Waals surface area contributed by atoms with Crippen LogP contribution in [0.3, 0.4) is 0 Å². The summed E-state index contributed by atoms with van der Waals surface area (Å²) in [6, 6.07) is -0.331. The van der Waals surface area contributed by atoms with Crippen LogP contribution < -0.4 is 5.48 Å². The summed E-state index contributed by atoms with van der Waals surface area (Å²) in [5.41, 5.74) is 2.39. The van der Waals surface area contributed by atoms with Gasteiger partial charge in [-0.15, -0.1) is 0 Å². The number of nitrogens with one attached hydrogen (secondary N) is 1. The first-order chi connectivity index (χ1) is 3.67. The summed E-state index contributed by atoms with van der Waals surface area (Å²) in [6.45, 7) is 1.39. The van der Waals surface area contributed by atoms with Crippen LogP contribution in [0, 0.1) is 0 Å². The van der Waals surface area contributed by atoms with E-state index in [0.717, 1.165) is 0 Å². The number of rotatable bonds is 1. The van der Waals surface area contributed by atoms with Crippen LogP contribution >= 0.6 is 0 Å². The second-order valence-electron chi connectivity index (χ2n) is 2.01. The fourth-order valence-corrected chi connectivity index (χ4v) is 0.519. The first-order valence-electron chi connectivity index (χ1n) is 2.43. The molecule has 0 aromatic heterocycles. The normalized spacial score (nSPS) is 46.1. The van der Waals surface area contributed by atoms with E-state index in [9.17, 15) is 0 Å². The monoisotopic (exact) mass is 119 g/mol. The van der Waals surface area contributed by atoms with E-state index in [1.165, 1.54) is 6.92 Å². The summed E-state index contributed by atoms with van der Waals surface area (Å²) >= 11 is 0. The molecule has 0 aromatic carbocycles. The molecule has 1 aliphatic heterocycles. The highest BCUT2D eigenvalue weighted by molar-refractivity contribution is 4.82. The number of aliphatic hydroxyl groups excluding tert-OH is 1. The molecule has 1 fully saturated rings. The van der Waals surface area contributed by atoms with Gasteiger partial charge in [0.05, 0.1) is 6.61 Å². The minimum Gasteiger partial charge on any atom is -0.394 e. The van der Waals surface area contributed by atoms with Crippen molar-refractivity contribution in [3.05, 3.63) is 0 Å². The van der Waals surface area contributed by atoms with Crippen molar-refractivity contribution in [2.24, 2.45) is 0 Å². The molecule has 0 saturated carbocycles. The van der Waals surface area contributed by atoms with Gasteiger partial charge in [-0.25, -0.2) is 0 Å². The highest BCUT2D eigenvalue weighted by Gasteiger charge is 2.42. The Morgan fingerprint density at radius 3 is 2.50 bits per heavy atom. The molecule has 0 aromatic rings. The number of hydrogen-bond acceptors (Lipinski definition) is 4. The van der Waals surface area contributed by atoms with Crippen molar-refractivity contribution in [1.29, 1.82) is 0 Å². The molecule has 1 heterocycles. The van der Waals surface area contributed by atoms with Gasteiger partial charge in [0.15, 0.2) is 0 Å². The Labute approximate surface area is 47.0 Å². The van der Waals surface area contributed by atoms with Crippen molar-refractivity contribution in [3.8, 4) is 0 Å². The number of hydrogen-bond donors (Lipinski definition) is 3. The fourth-order valence-electron chi connectivity index (χ4n) is 0.519. The summed E-state index contributed by atoms with van der Waals surface area (Å²) in [5, 5.41) is 17.3. The molecule has 8 heavy (non-hydrogen) atoms. The van der Waals surface area contributed by atoms with Gasteiger partial charge in [0.2, 0.25) is 5.79 Å². The van der Waals surface area contributed by atoms with Crippen LogP contribution in [0.25, 0.3) is 0 Å². The zero-order valence-electron chi connectivity index (χ0n) is 4.59. The summed E-state index contributed by atoms with van der Waals surface area (Å²) in [7, 11) is 0. The Morgan fingerprint density at radius 1 is 1.88 bits per heavy atom. The predicted molar refractivity (Wildman–Crippen MR) is 25.7 cm³/mol. The molecule has 48 valence electrons. The summed E-state index contributed by atoms with van der Waals surface area (Å²) in [5.74, 6) is -1.17. The average Bonchev–Trinajstić information content (AvgIpc) is 1.66. The molecule has 1 saturated heterocycles. The van der Waals surface area contributed by atoms with Crippen molar-refractivity contribution in [2.75, 3.05) is 6.61 Å². The van der Waals surface area contributed by atoms with E-state index in [2.05, 4.69) is 10.3 Å². The van der Waals surface area contributed by atoms with Crippen LogP contribution in [0.4, 0.5) is 0 Å².